The molecule has 1 aromatic carbocycles. The maximum Gasteiger partial charge on any atom is 0.0518 e. The van der Waals surface area contributed by atoms with E-state index >= 15 is 0 Å². The molecule has 0 aliphatic carbocycles. The average Bonchev–Trinajstić information content (AvgIpc) is 2.34. The van der Waals surface area contributed by atoms with E-state index in [1.807, 2.05) is 0 Å². The number of hydrogen-bond donors (Lipinski definition) is 2. The van der Waals surface area contributed by atoms with Gasteiger partial charge in [-0.3, -0.25) is 0 Å². The number of hydrogen-bond acceptors (Lipinski definition) is 2. The summed E-state index contributed by atoms with van der Waals surface area (Å²) in [7, 11) is -1.00. The van der Waals surface area contributed by atoms with Crippen molar-refractivity contribution in [2.45, 2.75) is 64.2 Å². The third-order valence-corrected chi connectivity index (χ3v) is 9.35. The molecule has 0 heterocycles. The summed E-state index contributed by atoms with van der Waals surface area (Å²) in [4.78, 5) is 0. The molecule has 0 saturated carbocycles. The molecule has 0 atom stereocenters. The van der Waals surface area contributed by atoms with Crippen molar-refractivity contribution in [1.82, 2.24) is 0 Å². The lowest BCUT2D eigenvalue weighted by Crippen LogP contribution is -2.34. The maximum absolute atomic E-state index is 7.70. The predicted molar refractivity (Wildman–Crippen MR) is 95.7 cm³/mol. The van der Waals surface area contributed by atoms with Crippen molar-refractivity contribution in [1.29, 1.82) is 5.41 Å². The molecule has 0 amide bonds. The molecule has 0 radical (unpaired) electrons. The minimum absolute atomic E-state index is 0.599. The van der Waals surface area contributed by atoms with Gasteiger partial charge in [-0.2, -0.15) is 10.2 Å². The Morgan fingerprint density at radius 1 is 1.00 bits per heavy atom. The van der Waals surface area contributed by atoms with E-state index in [2.05, 4.69) is 71.4 Å². The molecule has 0 fully saturated rings. The van der Waals surface area contributed by atoms with E-state index in [0.29, 0.717) is 15.7 Å². The first kappa shape index (κ1) is 17.1. The van der Waals surface area contributed by atoms with Crippen LogP contribution in [0, 0.1) is 12.3 Å². The molecule has 3 heteroatoms. The van der Waals surface area contributed by atoms with Gasteiger partial charge >= 0.3 is 0 Å². The second-order valence-electron chi connectivity index (χ2n) is 6.19. The summed E-state index contributed by atoms with van der Waals surface area (Å²) < 4.78 is 3.88. The zero-order valence-electron chi connectivity index (χ0n) is 13.9. The lowest BCUT2D eigenvalue weighted by molar-refractivity contribution is 0.949. The summed E-state index contributed by atoms with van der Waals surface area (Å²) in [5.41, 5.74) is 3.30. The van der Waals surface area contributed by atoms with Crippen LogP contribution in [0.4, 0.5) is 5.69 Å². The van der Waals surface area contributed by atoms with Crippen LogP contribution in [-0.2, 0) is 0 Å². The topological polar surface area (TPSA) is 35.9 Å². The molecule has 20 heavy (non-hydrogen) atoms. The van der Waals surface area contributed by atoms with Crippen molar-refractivity contribution in [3.05, 3.63) is 29.3 Å². The SMILES string of the molecule is Cc1cccc(NS(C(C)C)(C(C)C)C(C)C)c1C=N. The van der Waals surface area contributed by atoms with Gasteiger partial charge in [0.25, 0.3) is 0 Å². The smallest absolute Gasteiger partial charge is 0.0518 e. The van der Waals surface area contributed by atoms with Gasteiger partial charge < -0.3 is 10.1 Å². The van der Waals surface area contributed by atoms with Crippen LogP contribution in [0.15, 0.2) is 18.2 Å². The van der Waals surface area contributed by atoms with Gasteiger partial charge in [-0.25, -0.2) is 0 Å². The zero-order chi connectivity index (χ0) is 15.5. The van der Waals surface area contributed by atoms with E-state index in [4.69, 9.17) is 5.41 Å². The first-order chi connectivity index (χ1) is 9.27. The number of anilines is 1. The number of nitrogens with one attached hydrogen (secondary N) is 2. The second kappa shape index (κ2) is 6.66. The highest BCUT2D eigenvalue weighted by Crippen LogP contribution is 2.59. The lowest BCUT2D eigenvalue weighted by Gasteiger charge is -2.52. The average molecular weight is 295 g/mol. The van der Waals surface area contributed by atoms with Gasteiger partial charge in [0.1, 0.15) is 0 Å². The van der Waals surface area contributed by atoms with Crippen LogP contribution in [0.2, 0.25) is 0 Å². The van der Waals surface area contributed by atoms with Gasteiger partial charge in [-0.1, -0.05) is 53.7 Å². The minimum Gasteiger partial charge on any atom is -0.346 e. The Kier molecular flexibility index (Phi) is 5.69. The minimum atomic E-state index is -1.00. The van der Waals surface area contributed by atoms with Crippen LogP contribution >= 0.6 is 10.2 Å². The fraction of sp³-hybridized carbons (Fsp3) is 0.588. The first-order valence-electron chi connectivity index (χ1n) is 7.45. The molecule has 0 unspecified atom stereocenters. The fourth-order valence-electron chi connectivity index (χ4n) is 3.14. The van der Waals surface area contributed by atoms with Crippen molar-refractivity contribution in [2.75, 3.05) is 4.72 Å². The molecule has 0 spiro atoms. The molecular formula is C17H30N2S. The molecule has 0 aromatic heterocycles. The Hall–Kier alpha value is -0.960. The normalized spacial score (nSPS) is 13.1. The standard InChI is InChI=1S/C17H30N2S/c1-12(2)20(13(3)4,14(5)6)19-17-10-8-9-15(7)16(17)11-18/h8-14,18-19H,1-7H3. The molecule has 114 valence electrons. The molecule has 1 rings (SSSR count). The van der Waals surface area contributed by atoms with Crippen molar-refractivity contribution in [2.24, 2.45) is 0 Å². The molecule has 2 N–H and O–H groups in total. The van der Waals surface area contributed by atoms with Crippen LogP contribution in [0.3, 0.4) is 0 Å². The van der Waals surface area contributed by atoms with Gasteiger partial charge in [-0.05, 0) is 34.3 Å². The van der Waals surface area contributed by atoms with Crippen LogP contribution in [-0.4, -0.2) is 22.0 Å². The third kappa shape index (κ3) is 3.03. The van der Waals surface area contributed by atoms with Gasteiger partial charge in [0.2, 0.25) is 0 Å². The summed E-state index contributed by atoms with van der Waals surface area (Å²) in [6, 6.07) is 6.26. The number of rotatable bonds is 6. The molecule has 1 aromatic rings. The lowest BCUT2D eigenvalue weighted by atomic mass is 10.1. The fourth-order valence-corrected chi connectivity index (χ4v) is 7.67. The highest BCUT2D eigenvalue weighted by molar-refractivity contribution is 8.36. The highest BCUT2D eigenvalue weighted by Gasteiger charge is 2.35. The Morgan fingerprint density at radius 3 is 1.90 bits per heavy atom. The highest BCUT2D eigenvalue weighted by atomic mass is 32.3. The third-order valence-electron chi connectivity index (χ3n) is 4.10. The number of aryl methyl sites for hydroxylation is 1. The van der Waals surface area contributed by atoms with Crippen molar-refractivity contribution in [3.8, 4) is 0 Å². The summed E-state index contributed by atoms with van der Waals surface area (Å²) in [6.07, 6.45) is 1.48. The molecule has 0 aliphatic heterocycles. The quantitative estimate of drug-likeness (QED) is 0.682. The Morgan fingerprint density at radius 2 is 1.50 bits per heavy atom. The van der Waals surface area contributed by atoms with E-state index < -0.39 is 10.2 Å². The molecular weight excluding hydrogens is 264 g/mol. The molecule has 2 nitrogen and oxygen atoms in total. The largest absolute Gasteiger partial charge is 0.346 e. The van der Waals surface area contributed by atoms with E-state index in [1.165, 1.54) is 6.21 Å². The first-order valence-corrected chi connectivity index (χ1v) is 9.27. The van der Waals surface area contributed by atoms with E-state index in [0.717, 1.165) is 16.8 Å². The van der Waals surface area contributed by atoms with Crippen LogP contribution in [0.25, 0.3) is 0 Å². The maximum atomic E-state index is 7.70. The molecule has 0 aliphatic rings. The monoisotopic (exact) mass is 294 g/mol. The summed E-state index contributed by atoms with van der Waals surface area (Å²) >= 11 is 0. The van der Waals surface area contributed by atoms with E-state index in [9.17, 15) is 0 Å². The van der Waals surface area contributed by atoms with Gasteiger partial charge in [0, 0.05) is 11.8 Å². The summed E-state index contributed by atoms with van der Waals surface area (Å²) in [6.45, 7) is 16.0. The predicted octanol–water partition coefficient (Wildman–Crippen LogP) is 5.35. The Labute approximate surface area is 126 Å². The summed E-state index contributed by atoms with van der Waals surface area (Å²) in [5.74, 6) is 0. The van der Waals surface area contributed by atoms with Crippen LogP contribution in [0.1, 0.15) is 52.7 Å². The summed E-state index contributed by atoms with van der Waals surface area (Å²) in [5, 5.41) is 9.50. The number of benzene rings is 1. The van der Waals surface area contributed by atoms with Gasteiger partial charge in [0.15, 0.2) is 0 Å². The van der Waals surface area contributed by atoms with Gasteiger partial charge in [-0.15, -0.1) is 0 Å². The zero-order valence-corrected chi connectivity index (χ0v) is 14.8. The van der Waals surface area contributed by atoms with Crippen LogP contribution in [0.5, 0.6) is 0 Å². The second-order valence-corrected chi connectivity index (χ2v) is 10.7. The van der Waals surface area contributed by atoms with Crippen molar-refractivity contribution >= 4 is 22.1 Å². The Bertz CT molecular complexity index is 442. The van der Waals surface area contributed by atoms with Crippen molar-refractivity contribution < 1.29 is 0 Å². The van der Waals surface area contributed by atoms with Crippen molar-refractivity contribution in [3.63, 3.8) is 0 Å². The van der Waals surface area contributed by atoms with Gasteiger partial charge in [0.05, 0.1) is 5.69 Å². The Balaban J connectivity index is 3.34. The molecule has 0 saturated heterocycles. The van der Waals surface area contributed by atoms with E-state index in [1.54, 1.807) is 0 Å². The molecule has 0 bridgehead atoms. The van der Waals surface area contributed by atoms with Crippen LogP contribution < -0.4 is 4.72 Å². The van der Waals surface area contributed by atoms with E-state index in [-0.39, 0.29) is 0 Å².